The number of hydrazine groups is 2. The van der Waals surface area contributed by atoms with Gasteiger partial charge < -0.3 is 43.0 Å². The maximum atomic E-state index is 9.60. The molecule has 0 radical (unpaired) electrons. The number of halogens is 3. The van der Waals surface area contributed by atoms with E-state index in [2.05, 4.69) is 17.4 Å². The van der Waals surface area contributed by atoms with Crippen LogP contribution in [0.25, 0.3) is 0 Å². The van der Waals surface area contributed by atoms with Crippen LogP contribution in [0.4, 0.5) is 4.79 Å². The Morgan fingerprint density at radius 2 is 1.20 bits per heavy atom. The molecule has 5 nitrogen and oxygen atoms in total. The van der Waals surface area contributed by atoms with Crippen molar-refractivity contribution in [3.8, 4) is 0 Å². The van der Waals surface area contributed by atoms with Gasteiger partial charge in [-0.3, -0.25) is 0 Å². The third-order valence-corrected chi connectivity index (χ3v) is 0.254. The largest absolute Gasteiger partial charge is 3.00 e. The zero-order valence-electron chi connectivity index (χ0n) is 4.60. The number of primary amides is 1. The number of hydrogen-bond acceptors (Lipinski definition) is 3. The summed E-state index contributed by atoms with van der Waals surface area (Å²) in [5.41, 5.74) is 4.47. The first-order valence-electron chi connectivity index (χ1n) is 1.23. The zero-order valence-corrected chi connectivity index (χ0v) is 8.05. The van der Waals surface area contributed by atoms with Crippen LogP contribution in [-0.4, -0.2) is 11.1 Å². The number of rotatable bonds is 0. The fourth-order valence-electron chi connectivity index (χ4n) is 0. The molecule has 0 aromatic carbocycles. The minimum Gasteiger partial charge on any atom is -1.00 e. The van der Waals surface area contributed by atoms with E-state index in [0.717, 1.165) is 0 Å². The van der Waals surface area contributed by atoms with Crippen LogP contribution < -0.4 is 54.6 Å². The standard InChI is InChI=1S/CH6N4O.3ClH.Mn/c2-1(6)5(3)4;;;;/h3-4H2,(H2,2,6);3*1H;/q;;;;+3/p-3. The van der Waals surface area contributed by atoms with Crippen LogP contribution in [0.1, 0.15) is 0 Å². The molecule has 9 heteroatoms. The van der Waals surface area contributed by atoms with Gasteiger partial charge in [0.1, 0.15) is 0 Å². The van der Waals surface area contributed by atoms with Gasteiger partial charge in [-0.1, -0.05) is 0 Å². The van der Waals surface area contributed by atoms with E-state index in [-0.39, 0.29) is 54.3 Å². The molecule has 0 aliphatic rings. The Morgan fingerprint density at radius 3 is 1.20 bits per heavy atom. The van der Waals surface area contributed by atoms with Crippen molar-refractivity contribution >= 4 is 6.03 Å². The fourth-order valence-corrected chi connectivity index (χ4v) is 0. The quantitative estimate of drug-likeness (QED) is 0.173. The van der Waals surface area contributed by atoms with E-state index in [1.165, 1.54) is 0 Å². The minimum absolute atomic E-state index is 0. The van der Waals surface area contributed by atoms with E-state index >= 15 is 0 Å². The molecule has 0 aliphatic carbocycles. The molecule has 0 saturated carbocycles. The van der Waals surface area contributed by atoms with Crippen molar-refractivity contribution in [1.29, 1.82) is 0 Å². The predicted octanol–water partition coefficient (Wildman–Crippen LogP) is -10.9. The zero-order chi connectivity index (χ0) is 5.15. The molecule has 0 heterocycles. The number of carbonyl (C=O) groups excluding carboxylic acids is 1. The summed E-state index contributed by atoms with van der Waals surface area (Å²) in [7, 11) is 0. The maximum absolute atomic E-state index is 9.60. The average Bonchev–Trinajstić information content (AvgIpc) is 1.36. The summed E-state index contributed by atoms with van der Waals surface area (Å²) in [4.78, 5) is 9.60. The van der Waals surface area contributed by atoms with Crippen LogP contribution in [0.3, 0.4) is 0 Å². The first-order valence-corrected chi connectivity index (χ1v) is 1.23. The Labute approximate surface area is 87.7 Å². The molecule has 10 heavy (non-hydrogen) atoms. The Hall–Kier alpha value is 0.579. The van der Waals surface area contributed by atoms with Crippen molar-refractivity contribution in [3.05, 3.63) is 0 Å². The molecule has 0 bridgehead atoms. The third-order valence-electron chi connectivity index (χ3n) is 0.254. The van der Waals surface area contributed by atoms with Gasteiger partial charge in [-0.2, -0.15) is 5.12 Å². The molecule has 0 fully saturated rings. The van der Waals surface area contributed by atoms with Crippen LogP contribution in [-0.2, 0) is 17.1 Å². The predicted molar refractivity (Wildman–Crippen MR) is 19.8 cm³/mol. The van der Waals surface area contributed by atoms with Crippen LogP contribution in [0.2, 0.25) is 0 Å². The van der Waals surface area contributed by atoms with Crippen LogP contribution in [0.15, 0.2) is 0 Å². The molecule has 0 aromatic rings. The Bertz CT molecular complexity index is 71.5. The summed E-state index contributed by atoms with van der Waals surface area (Å²) in [6.45, 7) is 0. The fraction of sp³-hybridized carbons (Fsp3) is 0. The van der Waals surface area contributed by atoms with Crippen molar-refractivity contribution < 1.29 is 59.1 Å². The summed E-state index contributed by atoms with van der Waals surface area (Å²) < 4.78 is 0. The molecule has 0 atom stereocenters. The molecule has 0 aromatic heterocycles. The molecule has 0 aliphatic heterocycles. The molecular formula is CH6Cl3MnN4O. The van der Waals surface area contributed by atoms with Gasteiger partial charge in [0.15, 0.2) is 0 Å². The second-order valence-electron chi connectivity index (χ2n) is 0.746. The number of nitrogens with two attached hydrogens (primary N) is 3. The number of amides is 2. The summed E-state index contributed by atoms with van der Waals surface area (Å²) in [6, 6.07) is -0.852. The smallest absolute Gasteiger partial charge is 1.00 e. The van der Waals surface area contributed by atoms with E-state index in [0.29, 0.717) is 5.12 Å². The molecule has 0 unspecified atom stereocenters. The summed E-state index contributed by atoms with van der Waals surface area (Å²) in [5.74, 6) is 9.14. The molecule has 2 amide bonds. The Morgan fingerprint density at radius 1 is 1.10 bits per heavy atom. The van der Waals surface area contributed by atoms with Gasteiger partial charge in [0.2, 0.25) is 0 Å². The number of urea groups is 1. The minimum atomic E-state index is -0.852. The second kappa shape index (κ2) is 16.3. The van der Waals surface area contributed by atoms with Gasteiger partial charge >= 0.3 is 23.1 Å². The number of nitrogens with zero attached hydrogens (tertiary/aromatic N) is 1. The van der Waals surface area contributed by atoms with Gasteiger partial charge in [-0.25, -0.2) is 16.5 Å². The van der Waals surface area contributed by atoms with E-state index in [1.807, 2.05) is 0 Å². The summed E-state index contributed by atoms with van der Waals surface area (Å²) in [6.07, 6.45) is 0. The summed E-state index contributed by atoms with van der Waals surface area (Å²) in [5, 5.41) is 0.306. The Balaban J connectivity index is -0.0000000208. The molecule has 64 valence electrons. The summed E-state index contributed by atoms with van der Waals surface area (Å²) >= 11 is 0. The normalized spacial score (nSPS) is 4.60. The first-order chi connectivity index (χ1) is 2.64. The third kappa shape index (κ3) is 23.5. The van der Waals surface area contributed by atoms with Crippen LogP contribution in [0, 0.1) is 0 Å². The van der Waals surface area contributed by atoms with Gasteiger partial charge in [-0.05, 0) is 0 Å². The van der Waals surface area contributed by atoms with Gasteiger partial charge in [-0.15, -0.1) is 0 Å². The van der Waals surface area contributed by atoms with E-state index in [9.17, 15) is 4.79 Å². The van der Waals surface area contributed by atoms with Crippen LogP contribution >= 0.6 is 0 Å². The average molecular weight is 251 g/mol. The first kappa shape index (κ1) is 31.2. The van der Waals surface area contributed by atoms with Gasteiger partial charge in [0.25, 0.3) is 0 Å². The molecule has 0 rings (SSSR count). The number of carbonyl (C=O) groups is 1. The van der Waals surface area contributed by atoms with Crippen molar-refractivity contribution in [3.63, 3.8) is 0 Å². The van der Waals surface area contributed by atoms with Gasteiger partial charge in [0.05, 0.1) is 0 Å². The van der Waals surface area contributed by atoms with E-state index in [4.69, 9.17) is 0 Å². The maximum Gasteiger partial charge on any atom is 3.00 e. The van der Waals surface area contributed by atoms with Gasteiger partial charge in [0, 0.05) is 0 Å². The van der Waals surface area contributed by atoms with Crippen molar-refractivity contribution in [2.45, 2.75) is 0 Å². The monoisotopic (exact) mass is 250 g/mol. The topological polar surface area (TPSA) is 98.4 Å². The molecule has 6 N–H and O–H groups in total. The van der Waals surface area contributed by atoms with Crippen LogP contribution in [0.5, 0.6) is 0 Å². The van der Waals surface area contributed by atoms with Crippen molar-refractivity contribution in [2.24, 2.45) is 17.4 Å². The number of hydrogen-bond donors (Lipinski definition) is 3. The molecule has 0 spiro atoms. The Kier molecular flexibility index (Phi) is 50.8. The van der Waals surface area contributed by atoms with E-state index in [1.54, 1.807) is 0 Å². The SMILES string of the molecule is NC(=O)N(N)N.[Cl-].[Cl-].[Cl-].[Mn+3]. The molecule has 0 saturated heterocycles. The second-order valence-corrected chi connectivity index (χ2v) is 0.746. The van der Waals surface area contributed by atoms with Crippen molar-refractivity contribution in [1.82, 2.24) is 5.12 Å². The van der Waals surface area contributed by atoms with Crippen molar-refractivity contribution in [2.75, 3.05) is 0 Å². The van der Waals surface area contributed by atoms with E-state index < -0.39 is 6.03 Å². The molecular weight excluding hydrogens is 245 g/mol.